The molecule has 0 aliphatic rings. The predicted octanol–water partition coefficient (Wildman–Crippen LogP) is 19.4. The molecule has 0 saturated heterocycles. The van der Waals surface area contributed by atoms with Crippen molar-refractivity contribution in [1.82, 2.24) is 5.32 Å². The zero-order valence-corrected chi connectivity index (χ0v) is 49.4. The number of carbonyl (C=O) groups excluding carboxylic acids is 1. The van der Waals surface area contributed by atoms with Crippen LogP contribution in [0.1, 0.15) is 328 Å². The third-order valence-electron chi connectivity index (χ3n) is 14.8. The van der Waals surface area contributed by atoms with Gasteiger partial charge in [0.15, 0.2) is 0 Å². The van der Waals surface area contributed by atoms with E-state index in [1.54, 1.807) is 6.08 Å². The molecule has 0 heterocycles. The van der Waals surface area contributed by atoms with Gasteiger partial charge in [-0.25, -0.2) is 4.57 Å². The number of nitrogens with zero attached hydrogens (tertiary/aromatic N) is 1. The van der Waals surface area contributed by atoms with E-state index in [1.165, 1.54) is 276 Å². The predicted molar refractivity (Wildman–Crippen MR) is 309 cm³/mol. The number of hydrogen-bond acceptors (Lipinski definition) is 5. The van der Waals surface area contributed by atoms with Crippen LogP contribution < -0.4 is 5.32 Å². The lowest BCUT2D eigenvalue weighted by Gasteiger charge is -2.25. The largest absolute Gasteiger partial charge is 0.472 e. The first kappa shape index (κ1) is 70.2. The molecule has 3 atom stereocenters. The SMILES string of the molecule is CCCCCCCCCCCCCCCCC/C=C/C(O)C(COP(=O)(O)OCC[N+](C)(C)C)NC(=O)CCCCCCCCCCCCCCCCCCCCCCCCCCCCCCCCCC. The molecule has 1 amide bonds. The van der Waals surface area contributed by atoms with E-state index in [1.807, 2.05) is 27.2 Å². The molecule has 0 aliphatic heterocycles. The second kappa shape index (κ2) is 54.0. The molecule has 9 heteroatoms. The highest BCUT2D eigenvalue weighted by molar-refractivity contribution is 7.47. The van der Waals surface area contributed by atoms with Crippen molar-refractivity contribution in [2.75, 3.05) is 40.9 Å². The van der Waals surface area contributed by atoms with Crippen molar-refractivity contribution >= 4 is 13.7 Å². The van der Waals surface area contributed by atoms with Crippen LogP contribution in [-0.2, 0) is 18.4 Å². The van der Waals surface area contributed by atoms with E-state index in [2.05, 4.69) is 19.2 Å². The molecule has 0 aromatic rings. The maximum Gasteiger partial charge on any atom is 0.472 e. The summed E-state index contributed by atoms with van der Waals surface area (Å²) in [6.45, 7) is 4.87. The number of amides is 1. The third-order valence-corrected chi connectivity index (χ3v) is 15.7. The summed E-state index contributed by atoms with van der Waals surface area (Å²) in [5, 5.41) is 14.0. The molecule has 0 aromatic carbocycles. The van der Waals surface area contributed by atoms with Crippen molar-refractivity contribution in [3.05, 3.63) is 12.2 Å². The Kier molecular flexibility index (Phi) is 53.5. The highest BCUT2D eigenvalue weighted by atomic mass is 31.2. The minimum atomic E-state index is -4.34. The second-order valence-corrected chi connectivity index (χ2v) is 24.6. The van der Waals surface area contributed by atoms with Crippen molar-refractivity contribution in [2.24, 2.45) is 0 Å². The molecule has 0 saturated carbocycles. The van der Waals surface area contributed by atoms with Crippen molar-refractivity contribution in [2.45, 2.75) is 341 Å². The van der Waals surface area contributed by atoms with Gasteiger partial charge in [0.2, 0.25) is 5.91 Å². The number of likely N-dealkylation sites (N-methyl/N-ethyl adjacent to an activating group) is 1. The lowest BCUT2D eigenvalue weighted by molar-refractivity contribution is -0.870. The summed E-state index contributed by atoms with van der Waals surface area (Å²) in [7, 11) is 1.59. The molecule has 0 spiro atoms. The normalized spacial score (nSPS) is 13.8. The average molecular weight is 1030 g/mol. The lowest BCUT2D eigenvalue weighted by atomic mass is 10.0. The van der Waals surface area contributed by atoms with Crippen molar-refractivity contribution in [3.63, 3.8) is 0 Å². The minimum Gasteiger partial charge on any atom is -0.387 e. The van der Waals surface area contributed by atoms with E-state index in [0.717, 1.165) is 32.1 Å². The number of aliphatic hydroxyl groups is 1. The van der Waals surface area contributed by atoms with Gasteiger partial charge in [0.1, 0.15) is 13.2 Å². The van der Waals surface area contributed by atoms with E-state index >= 15 is 0 Å². The molecule has 8 nitrogen and oxygen atoms in total. The number of allylic oxidation sites excluding steroid dienone is 1. The van der Waals surface area contributed by atoms with E-state index in [0.29, 0.717) is 17.4 Å². The third kappa shape index (κ3) is 56.8. The Morgan fingerprint density at radius 3 is 1.04 bits per heavy atom. The van der Waals surface area contributed by atoms with Crippen LogP contribution in [0.4, 0.5) is 0 Å². The molecule has 0 bridgehead atoms. The molecule has 424 valence electrons. The molecule has 0 aliphatic carbocycles. The van der Waals surface area contributed by atoms with Crippen molar-refractivity contribution in [1.29, 1.82) is 0 Å². The average Bonchev–Trinajstić information content (AvgIpc) is 3.33. The molecule has 0 radical (unpaired) electrons. The number of phosphoric ester groups is 1. The number of aliphatic hydroxyl groups excluding tert-OH is 1. The summed E-state index contributed by atoms with van der Waals surface area (Å²) < 4.78 is 23.7. The van der Waals surface area contributed by atoms with Gasteiger partial charge >= 0.3 is 7.82 Å². The zero-order chi connectivity index (χ0) is 52.0. The molecule has 0 fully saturated rings. The van der Waals surface area contributed by atoms with Gasteiger partial charge < -0.3 is 19.8 Å². The monoisotopic (exact) mass is 1030 g/mol. The maximum atomic E-state index is 13.0. The van der Waals surface area contributed by atoms with Crippen molar-refractivity contribution in [3.8, 4) is 0 Å². The van der Waals surface area contributed by atoms with Gasteiger partial charge in [-0.2, -0.15) is 0 Å². The Hall–Kier alpha value is -0.760. The first-order chi connectivity index (χ1) is 34.5. The van der Waals surface area contributed by atoms with Crippen LogP contribution in [0.5, 0.6) is 0 Å². The van der Waals surface area contributed by atoms with Gasteiger partial charge in [-0.1, -0.05) is 315 Å². The molecule has 0 rings (SSSR count). The highest BCUT2D eigenvalue weighted by Crippen LogP contribution is 2.43. The Labute approximate surface area is 443 Å². The van der Waals surface area contributed by atoms with E-state index in [9.17, 15) is 19.4 Å². The number of quaternary nitrogens is 1. The summed E-state index contributed by atoms with van der Waals surface area (Å²) in [6.07, 6.45) is 67.7. The first-order valence-corrected chi connectivity index (χ1v) is 33.1. The van der Waals surface area contributed by atoms with Crippen LogP contribution in [-0.4, -0.2) is 73.4 Å². The molecular formula is C62H126N2O6P+. The molecule has 0 aromatic heterocycles. The Balaban J connectivity index is 4.00. The van der Waals surface area contributed by atoms with Crippen LogP contribution in [0.2, 0.25) is 0 Å². The number of hydrogen-bond donors (Lipinski definition) is 3. The summed E-state index contributed by atoms with van der Waals surface area (Å²) in [5.41, 5.74) is 0. The van der Waals surface area contributed by atoms with Crippen LogP contribution in [0.25, 0.3) is 0 Å². The highest BCUT2D eigenvalue weighted by Gasteiger charge is 2.28. The van der Waals surface area contributed by atoms with Crippen LogP contribution in [0, 0.1) is 0 Å². The van der Waals surface area contributed by atoms with E-state index in [4.69, 9.17) is 9.05 Å². The van der Waals surface area contributed by atoms with Gasteiger partial charge in [0.25, 0.3) is 0 Å². The summed E-state index contributed by atoms with van der Waals surface area (Å²) in [4.78, 5) is 23.3. The minimum absolute atomic E-state index is 0.0652. The number of phosphoric acid groups is 1. The number of carbonyl (C=O) groups is 1. The number of unbranched alkanes of at least 4 members (excludes halogenated alkanes) is 46. The van der Waals surface area contributed by atoms with Crippen molar-refractivity contribution < 1.29 is 32.9 Å². The van der Waals surface area contributed by atoms with Crippen LogP contribution in [0.3, 0.4) is 0 Å². The summed E-state index contributed by atoms with van der Waals surface area (Å²) >= 11 is 0. The van der Waals surface area contributed by atoms with Gasteiger partial charge in [0, 0.05) is 6.42 Å². The first-order valence-electron chi connectivity index (χ1n) is 31.6. The lowest BCUT2D eigenvalue weighted by Crippen LogP contribution is -2.45. The Bertz CT molecular complexity index is 1160. The standard InChI is InChI=1S/C62H125N2O6P/c1-6-8-10-12-14-16-18-20-22-24-25-26-27-28-29-30-31-32-33-34-35-36-37-38-40-42-44-46-48-50-52-54-56-62(66)63-60(59-70-71(67,68)69-58-57-64(3,4)5)61(65)55-53-51-49-47-45-43-41-39-23-21-19-17-15-13-11-9-7-2/h53,55,60-61,65H,6-52,54,56-59H2,1-5H3,(H-,63,66,67,68)/p+1/b55-53+. The van der Waals surface area contributed by atoms with Gasteiger partial charge in [-0.15, -0.1) is 0 Å². The number of rotatable bonds is 59. The topological polar surface area (TPSA) is 105 Å². The second-order valence-electron chi connectivity index (χ2n) is 23.2. The Morgan fingerprint density at radius 2 is 0.746 bits per heavy atom. The molecule has 71 heavy (non-hydrogen) atoms. The molecular weight excluding hydrogens is 900 g/mol. The summed E-state index contributed by atoms with van der Waals surface area (Å²) in [5.74, 6) is -0.169. The van der Waals surface area contributed by atoms with Crippen LogP contribution >= 0.6 is 7.82 Å². The fraction of sp³-hybridized carbons (Fsp3) is 0.952. The summed E-state index contributed by atoms with van der Waals surface area (Å²) in [6, 6.07) is -0.842. The van der Waals surface area contributed by atoms with Crippen LogP contribution in [0.15, 0.2) is 12.2 Å². The van der Waals surface area contributed by atoms with Gasteiger partial charge in [0.05, 0.1) is 39.9 Å². The fourth-order valence-electron chi connectivity index (χ4n) is 9.81. The quantitative estimate of drug-likeness (QED) is 0.0243. The maximum absolute atomic E-state index is 13.0. The number of nitrogens with one attached hydrogen (secondary N) is 1. The molecule has 3 unspecified atom stereocenters. The Morgan fingerprint density at radius 1 is 0.465 bits per heavy atom. The smallest absolute Gasteiger partial charge is 0.387 e. The zero-order valence-electron chi connectivity index (χ0n) is 48.5. The van der Waals surface area contributed by atoms with Gasteiger partial charge in [-0.3, -0.25) is 13.8 Å². The van der Waals surface area contributed by atoms with E-state index in [-0.39, 0.29) is 19.1 Å². The van der Waals surface area contributed by atoms with E-state index < -0.39 is 20.0 Å². The molecule has 3 N–H and O–H groups in total. The van der Waals surface area contributed by atoms with Gasteiger partial charge in [-0.05, 0) is 19.3 Å². The fourth-order valence-corrected chi connectivity index (χ4v) is 10.5.